The van der Waals surface area contributed by atoms with Gasteiger partial charge in [-0.1, -0.05) is 15.9 Å². The van der Waals surface area contributed by atoms with Crippen molar-refractivity contribution in [3.8, 4) is 5.75 Å². The van der Waals surface area contributed by atoms with Crippen LogP contribution in [0.2, 0.25) is 0 Å². The summed E-state index contributed by atoms with van der Waals surface area (Å²) < 4.78 is 6.73. The van der Waals surface area contributed by atoms with Crippen molar-refractivity contribution in [2.45, 2.75) is 32.6 Å². The molecule has 5 heteroatoms. The summed E-state index contributed by atoms with van der Waals surface area (Å²) in [6.07, 6.45) is 6.06. The maximum atomic E-state index is 12.1. The zero-order valence-electron chi connectivity index (χ0n) is 13.1. The van der Waals surface area contributed by atoms with E-state index in [1.54, 1.807) is 6.20 Å². The summed E-state index contributed by atoms with van der Waals surface area (Å²) in [6, 6.07) is 7.60. The first-order chi connectivity index (χ1) is 11.1. The molecule has 0 atom stereocenters. The zero-order valence-corrected chi connectivity index (χ0v) is 14.6. The molecule has 120 valence electrons. The molecule has 0 saturated carbocycles. The smallest absolute Gasteiger partial charge is 0.262 e. The van der Waals surface area contributed by atoms with Crippen LogP contribution in [0.5, 0.6) is 5.75 Å². The van der Waals surface area contributed by atoms with Gasteiger partial charge in [0.15, 0.2) is 6.61 Å². The normalized spacial score (nSPS) is 13.3. The highest BCUT2D eigenvalue weighted by Gasteiger charge is 2.16. The number of halogens is 1. The number of aryl methyl sites for hydroxylation is 2. The average Bonchev–Trinajstić information content (AvgIpc) is 2.55. The van der Waals surface area contributed by atoms with Gasteiger partial charge in [0.05, 0.1) is 0 Å². The van der Waals surface area contributed by atoms with Crippen LogP contribution >= 0.6 is 15.9 Å². The zero-order chi connectivity index (χ0) is 16.2. The molecule has 0 bridgehead atoms. The Labute approximate surface area is 144 Å². The molecule has 1 aromatic carbocycles. The van der Waals surface area contributed by atoms with Gasteiger partial charge in [0, 0.05) is 27.6 Å². The fraction of sp³-hybridized carbons (Fsp3) is 0.333. The highest BCUT2D eigenvalue weighted by atomic mass is 79.9. The molecule has 0 radical (unpaired) electrons. The fourth-order valence-corrected chi connectivity index (χ4v) is 3.30. The summed E-state index contributed by atoms with van der Waals surface area (Å²) in [5.74, 6) is 0.633. The molecule has 0 aliphatic heterocycles. The van der Waals surface area contributed by atoms with Crippen molar-refractivity contribution in [2.24, 2.45) is 0 Å². The van der Waals surface area contributed by atoms with E-state index in [1.807, 2.05) is 31.2 Å². The number of carbonyl (C=O) groups is 1. The molecule has 0 fully saturated rings. The Bertz CT molecular complexity index is 731. The van der Waals surface area contributed by atoms with Crippen molar-refractivity contribution in [3.63, 3.8) is 0 Å². The Morgan fingerprint density at radius 1 is 1.30 bits per heavy atom. The lowest BCUT2D eigenvalue weighted by atomic mass is 9.95. The standard InChI is InChI=1S/C18H19BrN2O2/c1-12-10-13(19)6-7-15(12)21-18(22)11-23-17-8-9-20-16-5-3-2-4-14(16)17/h6-10H,2-5,11H2,1H3,(H,21,22). The Balaban J connectivity index is 1.63. The number of fused-ring (bicyclic) bond motifs is 1. The number of benzene rings is 1. The molecule has 1 aromatic heterocycles. The third kappa shape index (κ3) is 3.91. The predicted octanol–water partition coefficient (Wildman–Crippen LogP) is 4.05. The minimum absolute atomic E-state index is 0.00591. The van der Waals surface area contributed by atoms with Crippen LogP contribution < -0.4 is 10.1 Å². The summed E-state index contributed by atoms with van der Waals surface area (Å²) in [4.78, 5) is 16.5. The first kappa shape index (κ1) is 16.0. The van der Waals surface area contributed by atoms with E-state index in [-0.39, 0.29) is 12.5 Å². The number of rotatable bonds is 4. The van der Waals surface area contributed by atoms with Crippen molar-refractivity contribution in [3.05, 3.63) is 51.8 Å². The van der Waals surface area contributed by atoms with Gasteiger partial charge in [0.1, 0.15) is 5.75 Å². The van der Waals surface area contributed by atoms with Gasteiger partial charge in [0.2, 0.25) is 0 Å². The van der Waals surface area contributed by atoms with Crippen LogP contribution in [-0.4, -0.2) is 17.5 Å². The van der Waals surface area contributed by atoms with Gasteiger partial charge in [-0.25, -0.2) is 0 Å². The van der Waals surface area contributed by atoms with Gasteiger partial charge in [-0.05, 0) is 62.4 Å². The van der Waals surface area contributed by atoms with Crippen LogP contribution in [0.1, 0.15) is 29.7 Å². The lowest BCUT2D eigenvalue weighted by Crippen LogP contribution is -2.21. The number of anilines is 1. The van der Waals surface area contributed by atoms with E-state index in [4.69, 9.17) is 4.74 Å². The van der Waals surface area contributed by atoms with Gasteiger partial charge in [0.25, 0.3) is 5.91 Å². The van der Waals surface area contributed by atoms with Crippen molar-refractivity contribution in [1.82, 2.24) is 4.98 Å². The molecule has 0 saturated heterocycles. The number of nitrogens with one attached hydrogen (secondary N) is 1. The minimum Gasteiger partial charge on any atom is -0.483 e. The molecule has 1 amide bonds. The van der Waals surface area contributed by atoms with Crippen molar-refractivity contribution >= 4 is 27.5 Å². The Hall–Kier alpha value is -1.88. The molecular weight excluding hydrogens is 356 g/mol. The highest BCUT2D eigenvalue weighted by Crippen LogP contribution is 2.28. The maximum absolute atomic E-state index is 12.1. The van der Waals surface area contributed by atoms with Crippen LogP contribution in [0.25, 0.3) is 0 Å². The number of nitrogens with zero attached hydrogens (tertiary/aromatic N) is 1. The predicted molar refractivity (Wildman–Crippen MR) is 93.9 cm³/mol. The quantitative estimate of drug-likeness (QED) is 0.877. The van der Waals surface area contributed by atoms with E-state index in [0.717, 1.165) is 52.0 Å². The Morgan fingerprint density at radius 2 is 2.13 bits per heavy atom. The second-order valence-electron chi connectivity index (χ2n) is 5.74. The second kappa shape index (κ2) is 7.13. The third-order valence-corrected chi connectivity index (χ3v) is 4.51. The molecular formula is C18H19BrN2O2. The van der Waals surface area contributed by atoms with Crippen molar-refractivity contribution < 1.29 is 9.53 Å². The summed E-state index contributed by atoms with van der Waals surface area (Å²) in [5, 5.41) is 2.89. The number of hydrogen-bond donors (Lipinski definition) is 1. The molecule has 1 aliphatic rings. The molecule has 4 nitrogen and oxygen atoms in total. The topological polar surface area (TPSA) is 51.2 Å². The van der Waals surface area contributed by atoms with E-state index in [0.29, 0.717) is 0 Å². The van der Waals surface area contributed by atoms with Crippen LogP contribution in [0, 0.1) is 6.92 Å². The van der Waals surface area contributed by atoms with Crippen LogP contribution in [0.3, 0.4) is 0 Å². The highest BCUT2D eigenvalue weighted by molar-refractivity contribution is 9.10. The third-order valence-electron chi connectivity index (χ3n) is 4.01. The number of pyridine rings is 1. The summed E-state index contributed by atoms with van der Waals surface area (Å²) >= 11 is 3.42. The molecule has 1 aliphatic carbocycles. The van der Waals surface area contributed by atoms with Crippen LogP contribution in [0.4, 0.5) is 5.69 Å². The lowest BCUT2D eigenvalue weighted by Gasteiger charge is -2.18. The van der Waals surface area contributed by atoms with E-state index in [1.165, 1.54) is 6.42 Å². The summed E-state index contributed by atoms with van der Waals surface area (Å²) in [7, 11) is 0. The maximum Gasteiger partial charge on any atom is 0.262 e. The molecule has 0 spiro atoms. The molecule has 1 heterocycles. The number of ether oxygens (including phenoxy) is 1. The summed E-state index contributed by atoms with van der Waals surface area (Å²) in [5.41, 5.74) is 4.08. The van der Waals surface area contributed by atoms with Crippen molar-refractivity contribution in [2.75, 3.05) is 11.9 Å². The monoisotopic (exact) mass is 374 g/mol. The first-order valence-electron chi connectivity index (χ1n) is 7.79. The van der Waals surface area contributed by atoms with Crippen LogP contribution in [-0.2, 0) is 17.6 Å². The number of amides is 1. The number of aromatic nitrogens is 1. The van der Waals surface area contributed by atoms with Gasteiger partial charge in [-0.3, -0.25) is 9.78 Å². The van der Waals surface area contributed by atoms with E-state index in [2.05, 4.69) is 26.2 Å². The van der Waals surface area contributed by atoms with Gasteiger partial charge < -0.3 is 10.1 Å². The largest absolute Gasteiger partial charge is 0.483 e. The Morgan fingerprint density at radius 3 is 2.96 bits per heavy atom. The molecule has 3 rings (SSSR count). The summed E-state index contributed by atoms with van der Waals surface area (Å²) in [6.45, 7) is 1.96. The van der Waals surface area contributed by atoms with Gasteiger partial charge in [-0.2, -0.15) is 0 Å². The first-order valence-corrected chi connectivity index (χ1v) is 8.58. The Kier molecular flexibility index (Phi) is 4.96. The fourth-order valence-electron chi connectivity index (χ4n) is 2.82. The van der Waals surface area contributed by atoms with E-state index < -0.39 is 0 Å². The lowest BCUT2D eigenvalue weighted by molar-refractivity contribution is -0.118. The average molecular weight is 375 g/mol. The number of carbonyl (C=O) groups excluding carboxylic acids is 1. The van der Waals surface area contributed by atoms with Gasteiger partial charge >= 0.3 is 0 Å². The molecule has 23 heavy (non-hydrogen) atoms. The number of hydrogen-bond acceptors (Lipinski definition) is 3. The minimum atomic E-state index is -0.156. The SMILES string of the molecule is Cc1cc(Br)ccc1NC(=O)COc1ccnc2c1CCCC2. The second-order valence-corrected chi connectivity index (χ2v) is 6.65. The van der Waals surface area contributed by atoms with Crippen molar-refractivity contribution in [1.29, 1.82) is 0 Å². The molecule has 2 aromatic rings. The molecule has 1 N–H and O–H groups in total. The van der Waals surface area contributed by atoms with E-state index in [9.17, 15) is 4.79 Å². The van der Waals surface area contributed by atoms with E-state index >= 15 is 0 Å². The molecule has 0 unspecified atom stereocenters. The van der Waals surface area contributed by atoms with Crippen LogP contribution in [0.15, 0.2) is 34.9 Å². The van der Waals surface area contributed by atoms with Gasteiger partial charge in [-0.15, -0.1) is 0 Å².